The molecule has 298 valence electrons. The standard InChI is InChI=1S/C36H55F3N6O8/c1-7-8-9-13-17-25(32(50)44(5)6)41-27(46)22-40-31(49)29(47)24(19-20-36(37,38)39)42-30(48)26-18-14-21-45(26)33(51)28(23-15-11-10-12-16-23)43-34(52)53-35(2,3)4/h7-9,13,23-26,28H,10-12,14-22H2,1-6H3,(H,40,49)(H,41,46)(H,42,48)(H,43,52)/b8-7-,13-9-. The van der Waals surface area contributed by atoms with Crippen LogP contribution in [0.5, 0.6) is 0 Å². The van der Waals surface area contributed by atoms with Crippen LogP contribution in [-0.4, -0.2) is 114 Å². The Kier molecular flexibility index (Phi) is 17.5. The Morgan fingerprint density at radius 1 is 0.887 bits per heavy atom. The molecule has 0 radical (unpaired) electrons. The summed E-state index contributed by atoms with van der Waals surface area (Å²) in [6, 6.07) is -5.13. The van der Waals surface area contributed by atoms with Crippen LogP contribution in [-0.2, 0) is 33.5 Å². The fourth-order valence-electron chi connectivity index (χ4n) is 6.20. The first-order valence-corrected chi connectivity index (χ1v) is 18.0. The average Bonchev–Trinajstić information content (AvgIpc) is 3.58. The van der Waals surface area contributed by atoms with E-state index >= 15 is 0 Å². The number of nitrogens with zero attached hydrogens (tertiary/aromatic N) is 2. The third-order valence-corrected chi connectivity index (χ3v) is 8.77. The molecular formula is C36H55F3N6O8. The summed E-state index contributed by atoms with van der Waals surface area (Å²) >= 11 is 0. The smallest absolute Gasteiger partial charge is 0.408 e. The third-order valence-electron chi connectivity index (χ3n) is 8.77. The lowest BCUT2D eigenvalue weighted by Gasteiger charge is -2.35. The summed E-state index contributed by atoms with van der Waals surface area (Å²) in [6.07, 6.45) is 3.34. The number of nitrogens with one attached hydrogen (secondary N) is 4. The van der Waals surface area contributed by atoms with E-state index in [0.29, 0.717) is 19.3 Å². The van der Waals surface area contributed by atoms with Crippen LogP contribution in [0, 0.1) is 5.92 Å². The van der Waals surface area contributed by atoms with Gasteiger partial charge in [-0.1, -0.05) is 43.6 Å². The quantitative estimate of drug-likeness (QED) is 0.137. The maximum Gasteiger partial charge on any atom is 0.408 e. The Morgan fingerprint density at radius 2 is 1.55 bits per heavy atom. The fraction of sp³-hybridized carbons (Fsp3) is 0.694. The lowest BCUT2D eigenvalue weighted by Crippen LogP contribution is -2.58. The molecule has 0 aromatic carbocycles. The number of carbonyl (C=O) groups is 7. The van der Waals surface area contributed by atoms with Crippen molar-refractivity contribution in [2.45, 2.75) is 128 Å². The maximum absolute atomic E-state index is 14.0. The van der Waals surface area contributed by atoms with Crippen molar-refractivity contribution in [3.05, 3.63) is 24.3 Å². The van der Waals surface area contributed by atoms with E-state index in [9.17, 15) is 46.7 Å². The van der Waals surface area contributed by atoms with Gasteiger partial charge in [-0.2, -0.15) is 13.2 Å². The minimum atomic E-state index is -4.73. The van der Waals surface area contributed by atoms with Crippen molar-refractivity contribution in [3.8, 4) is 0 Å². The minimum Gasteiger partial charge on any atom is -0.444 e. The van der Waals surface area contributed by atoms with E-state index in [0.717, 1.165) is 19.3 Å². The molecule has 4 unspecified atom stereocenters. The molecule has 1 heterocycles. The zero-order valence-corrected chi connectivity index (χ0v) is 31.5. The molecular weight excluding hydrogens is 701 g/mol. The van der Waals surface area contributed by atoms with Gasteiger partial charge in [0.05, 0.1) is 12.6 Å². The average molecular weight is 757 g/mol. The van der Waals surface area contributed by atoms with Crippen LogP contribution in [0.1, 0.15) is 91.9 Å². The number of alkyl halides is 3. The highest BCUT2D eigenvalue weighted by atomic mass is 19.4. The number of hydrogen-bond acceptors (Lipinski definition) is 8. The molecule has 4 N–H and O–H groups in total. The molecule has 17 heteroatoms. The van der Waals surface area contributed by atoms with E-state index in [2.05, 4.69) is 21.3 Å². The first kappa shape index (κ1) is 44.7. The van der Waals surface area contributed by atoms with Crippen molar-refractivity contribution in [2.75, 3.05) is 27.2 Å². The number of alkyl carbamates (subject to hydrolysis) is 1. The molecule has 1 saturated carbocycles. The molecule has 2 fully saturated rings. The molecule has 1 aliphatic heterocycles. The highest BCUT2D eigenvalue weighted by Crippen LogP contribution is 2.30. The fourth-order valence-corrected chi connectivity index (χ4v) is 6.20. The molecule has 0 aromatic rings. The van der Waals surface area contributed by atoms with Crippen molar-refractivity contribution in [2.24, 2.45) is 5.92 Å². The van der Waals surface area contributed by atoms with Gasteiger partial charge in [-0.3, -0.25) is 28.8 Å². The number of Topliss-reactive ketones (excluding diaryl/α,β-unsaturated/α-hetero) is 1. The molecule has 0 spiro atoms. The monoisotopic (exact) mass is 756 g/mol. The zero-order valence-electron chi connectivity index (χ0n) is 31.5. The van der Waals surface area contributed by atoms with Gasteiger partial charge in [-0.05, 0) is 72.1 Å². The summed E-state index contributed by atoms with van der Waals surface area (Å²) < 4.78 is 45.2. The second-order valence-corrected chi connectivity index (χ2v) is 14.5. The molecule has 0 aromatic heterocycles. The SMILES string of the molecule is C/C=C\C=C/CC(NC(=O)CNC(=O)C(=O)C(CCC(F)(F)F)NC(=O)C1CCCN1C(=O)C(NC(=O)OC(C)(C)C)C1CCCCC1)C(=O)N(C)C. The van der Waals surface area contributed by atoms with Crippen molar-refractivity contribution in [1.29, 1.82) is 0 Å². The lowest BCUT2D eigenvalue weighted by molar-refractivity contribution is -0.147. The predicted molar refractivity (Wildman–Crippen MR) is 189 cm³/mol. The van der Waals surface area contributed by atoms with Gasteiger partial charge in [0.15, 0.2) is 0 Å². The van der Waals surface area contributed by atoms with E-state index in [1.165, 1.54) is 23.9 Å². The molecule has 0 bridgehead atoms. The highest BCUT2D eigenvalue weighted by Gasteiger charge is 2.43. The van der Waals surface area contributed by atoms with Gasteiger partial charge in [-0.25, -0.2) is 4.79 Å². The molecule has 53 heavy (non-hydrogen) atoms. The number of carbonyl (C=O) groups excluding carboxylic acids is 7. The molecule has 6 amide bonds. The van der Waals surface area contributed by atoms with Crippen LogP contribution < -0.4 is 21.3 Å². The van der Waals surface area contributed by atoms with Gasteiger partial charge < -0.3 is 35.8 Å². The van der Waals surface area contributed by atoms with E-state index in [1.807, 2.05) is 0 Å². The predicted octanol–water partition coefficient (Wildman–Crippen LogP) is 3.06. The maximum atomic E-state index is 14.0. The first-order valence-electron chi connectivity index (χ1n) is 18.0. The molecule has 1 aliphatic carbocycles. The topological polar surface area (TPSA) is 183 Å². The molecule has 1 saturated heterocycles. The number of ketones is 1. The normalized spacial score (nSPS) is 18.6. The van der Waals surface area contributed by atoms with Crippen molar-refractivity contribution < 1.29 is 51.5 Å². The summed E-state index contributed by atoms with van der Waals surface area (Å²) in [6.45, 7) is 6.16. The number of likely N-dealkylation sites (N-methyl/N-ethyl adjacent to an activating group) is 1. The van der Waals surface area contributed by atoms with Crippen LogP contribution in [0.3, 0.4) is 0 Å². The van der Waals surface area contributed by atoms with Crippen LogP contribution in [0.15, 0.2) is 24.3 Å². The highest BCUT2D eigenvalue weighted by molar-refractivity contribution is 6.38. The third kappa shape index (κ3) is 15.6. The first-order chi connectivity index (χ1) is 24.7. The van der Waals surface area contributed by atoms with E-state index in [4.69, 9.17) is 4.74 Å². The van der Waals surface area contributed by atoms with Crippen molar-refractivity contribution in [1.82, 2.24) is 31.1 Å². The van der Waals surface area contributed by atoms with E-state index in [-0.39, 0.29) is 25.3 Å². The Labute approximate surface area is 309 Å². The van der Waals surface area contributed by atoms with Crippen molar-refractivity contribution >= 4 is 41.4 Å². The Morgan fingerprint density at radius 3 is 2.13 bits per heavy atom. The summed E-state index contributed by atoms with van der Waals surface area (Å²) in [4.78, 5) is 94.0. The van der Waals surface area contributed by atoms with Crippen LogP contribution in [0.2, 0.25) is 0 Å². The second kappa shape index (κ2) is 20.7. The number of rotatable bonds is 16. The number of halogens is 3. The van der Waals surface area contributed by atoms with E-state index < -0.39 is 96.7 Å². The summed E-state index contributed by atoms with van der Waals surface area (Å²) in [5.74, 6) is -5.84. The number of likely N-dealkylation sites (tertiary alicyclic amines) is 1. The lowest BCUT2D eigenvalue weighted by atomic mass is 9.83. The Hall–Kier alpha value is -4.44. The summed E-state index contributed by atoms with van der Waals surface area (Å²) in [5, 5.41) is 9.45. The van der Waals surface area contributed by atoms with Crippen LogP contribution in [0.4, 0.5) is 18.0 Å². The largest absolute Gasteiger partial charge is 0.444 e. The van der Waals surface area contributed by atoms with Gasteiger partial charge in [0.2, 0.25) is 29.4 Å². The second-order valence-electron chi connectivity index (χ2n) is 14.5. The van der Waals surface area contributed by atoms with Crippen LogP contribution in [0.25, 0.3) is 0 Å². The van der Waals surface area contributed by atoms with Gasteiger partial charge in [0.25, 0.3) is 5.91 Å². The molecule has 2 aliphatic rings. The van der Waals surface area contributed by atoms with Gasteiger partial charge >= 0.3 is 12.3 Å². The zero-order chi connectivity index (χ0) is 39.9. The number of amides is 6. The Bertz CT molecular complexity index is 1370. The number of hydrogen-bond donors (Lipinski definition) is 4. The van der Waals surface area contributed by atoms with Gasteiger partial charge in [0.1, 0.15) is 23.7 Å². The summed E-state index contributed by atoms with van der Waals surface area (Å²) in [7, 11) is 2.98. The van der Waals surface area contributed by atoms with Crippen molar-refractivity contribution in [3.63, 3.8) is 0 Å². The van der Waals surface area contributed by atoms with E-state index in [1.54, 1.807) is 52.0 Å². The molecule has 14 nitrogen and oxygen atoms in total. The number of ether oxygens (including phenoxy) is 1. The summed E-state index contributed by atoms with van der Waals surface area (Å²) in [5.41, 5.74) is -0.842. The molecule has 4 atom stereocenters. The Balaban J connectivity index is 2.18. The van der Waals surface area contributed by atoms with Crippen LogP contribution >= 0.6 is 0 Å². The minimum absolute atomic E-state index is 0.116. The van der Waals surface area contributed by atoms with Gasteiger partial charge in [-0.15, -0.1) is 0 Å². The number of allylic oxidation sites excluding steroid dienone is 3. The molecule has 2 rings (SSSR count). The van der Waals surface area contributed by atoms with Gasteiger partial charge in [0, 0.05) is 27.1 Å².